The second-order valence-electron chi connectivity index (χ2n) is 6.73. The molecule has 1 aromatic rings. The molecule has 26 heavy (non-hydrogen) atoms. The normalized spacial score (nSPS) is 20.6. The Morgan fingerprint density at radius 1 is 1.31 bits per heavy atom. The van der Waals surface area contributed by atoms with Crippen LogP contribution in [0.5, 0.6) is 0 Å². The molecule has 144 valence electrons. The average Bonchev–Trinajstić information content (AvgIpc) is 2.56. The zero-order valence-corrected chi connectivity index (χ0v) is 17.4. The molecule has 0 spiro atoms. The van der Waals surface area contributed by atoms with Gasteiger partial charge in [0.1, 0.15) is 4.32 Å². The molecular weight excluding hydrogens is 394 g/mol. The lowest BCUT2D eigenvalue weighted by Crippen LogP contribution is -2.37. The number of sulfonamides is 1. The Hall–Kier alpha value is -1.23. The van der Waals surface area contributed by atoms with Gasteiger partial charge in [0.25, 0.3) is 5.69 Å². The highest BCUT2D eigenvalue weighted by molar-refractivity contribution is 8.23. The first-order valence-corrected chi connectivity index (χ1v) is 11.0. The van der Waals surface area contributed by atoms with Crippen molar-refractivity contribution in [2.24, 2.45) is 5.92 Å². The van der Waals surface area contributed by atoms with Crippen molar-refractivity contribution in [3.63, 3.8) is 0 Å². The summed E-state index contributed by atoms with van der Waals surface area (Å²) >= 11 is 6.23. The molecule has 0 atom stereocenters. The van der Waals surface area contributed by atoms with Crippen LogP contribution >= 0.6 is 24.0 Å². The fraction of sp³-hybridized carbons (Fsp3) is 0.562. The molecule has 10 heteroatoms. The minimum absolute atomic E-state index is 0.0945. The van der Waals surface area contributed by atoms with Crippen LogP contribution in [0, 0.1) is 16.0 Å². The summed E-state index contributed by atoms with van der Waals surface area (Å²) in [6.07, 6.45) is 3.52. The molecule has 0 bridgehead atoms. The van der Waals surface area contributed by atoms with E-state index >= 15 is 0 Å². The molecule has 1 aliphatic rings. The number of thioether (sulfide) groups is 1. The predicted molar refractivity (Wildman–Crippen MR) is 107 cm³/mol. The molecule has 1 aromatic carbocycles. The first kappa shape index (κ1) is 21.1. The van der Waals surface area contributed by atoms with Crippen LogP contribution in [0.4, 0.5) is 5.69 Å². The fourth-order valence-electron chi connectivity index (χ4n) is 2.74. The Balaban J connectivity index is 2.24. The summed E-state index contributed by atoms with van der Waals surface area (Å²) in [7, 11) is -0.312. The topological polar surface area (TPSA) is 92.6 Å². The van der Waals surface area contributed by atoms with Crippen molar-refractivity contribution in [3.8, 4) is 0 Å². The highest BCUT2D eigenvalue weighted by atomic mass is 32.2. The molecule has 1 saturated carbocycles. The number of benzene rings is 1. The third kappa shape index (κ3) is 5.38. The van der Waals surface area contributed by atoms with Crippen molar-refractivity contribution >= 4 is 44.0 Å². The number of nitro benzene ring substituents is 1. The number of thiocarbonyl (C=S) groups is 1. The van der Waals surface area contributed by atoms with E-state index in [0.29, 0.717) is 15.1 Å². The number of nitro groups is 1. The molecular formula is C16H23N3O4S3. The lowest BCUT2D eigenvalue weighted by molar-refractivity contribution is -0.387. The first-order chi connectivity index (χ1) is 12.1. The summed E-state index contributed by atoms with van der Waals surface area (Å²) in [5.41, 5.74) is -0.264. The Morgan fingerprint density at radius 2 is 1.92 bits per heavy atom. The minimum atomic E-state index is -3.80. The predicted octanol–water partition coefficient (Wildman–Crippen LogP) is 3.39. The number of nitrogens with zero attached hydrogens (tertiary/aromatic N) is 2. The van der Waals surface area contributed by atoms with E-state index < -0.39 is 14.9 Å². The summed E-state index contributed by atoms with van der Waals surface area (Å²) in [4.78, 5) is 12.7. The van der Waals surface area contributed by atoms with E-state index in [1.807, 2.05) is 0 Å². The Morgan fingerprint density at radius 3 is 2.46 bits per heavy atom. The summed E-state index contributed by atoms with van der Waals surface area (Å²) < 4.78 is 28.4. The molecule has 7 nitrogen and oxygen atoms in total. The van der Waals surface area contributed by atoms with Crippen molar-refractivity contribution in [1.82, 2.24) is 9.62 Å². The maximum atomic E-state index is 12.6. The van der Waals surface area contributed by atoms with Gasteiger partial charge in [-0.3, -0.25) is 10.1 Å². The van der Waals surface area contributed by atoms with Crippen molar-refractivity contribution < 1.29 is 13.3 Å². The van der Waals surface area contributed by atoms with Crippen LogP contribution in [0.2, 0.25) is 0 Å². The molecule has 0 amide bonds. The van der Waals surface area contributed by atoms with E-state index in [4.69, 9.17) is 12.2 Å². The van der Waals surface area contributed by atoms with E-state index in [0.717, 1.165) is 43.5 Å². The molecule has 0 radical (unpaired) electrons. The van der Waals surface area contributed by atoms with Crippen LogP contribution in [-0.2, 0) is 10.0 Å². The quantitative estimate of drug-likeness (QED) is 0.340. The van der Waals surface area contributed by atoms with Gasteiger partial charge in [0.05, 0.1) is 14.7 Å². The molecule has 0 saturated heterocycles. The fourth-order valence-corrected chi connectivity index (χ4v) is 5.08. The van der Waals surface area contributed by atoms with E-state index in [2.05, 4.69) is 11.6 Å². The van der Waals surface area contributed by atoms with Gasteiger partial charge in [-0.05, 0) is 43.7 Å². The lowest BCUT2D eigenvalue weighted by atomic mass is 9.88. The van der Waals surface area contributed by atoms with Crippen LogP contribution in [0.25, 0.3) is 0 Å². The third-order valence-corrected chi connectivity index (χ3v) is 7.58. The molecule has 0 aromatic heterocycles. The van der Waals surface area contributed by atoms with Gasteiger partial charge in [0.15, 0.2) is 0 Å². The summed E-state index contributed by atoms with van der Waals surface area (Å²) in [5.74, 6) is 0.605. The standard InChI is InChI=1S/C16H23N3O4S3/c1-11-4-6-12(7-5-11)17-26(22,23)13-8-9-15(14(10-13)19(20)21)25-16(24)18(2)3/h8-12,17H,4-7H2,1-3H3. The zero-order valence-electron chi connectivity index (χ0n) is 15.0. The van der Waals surface area contributed by atoms with Gasteiger partial charge >= 0.3 is 0 Å². The van der Waals surface area contributed by atoms with E-state index in [1.165, 1.54) is 12.1 Å². The highest BCUT2D eigenvalue weighted by Crippen LogP contribution is 2.33. The Kier molecular flexibility index (Phi) is 7.00. The van der Waals surface area contributed by atoms with E-state index in [-0.39, 0.29) is 16.6 Å². The lowest BCUT2D eigenvalue weighted by Gasteiger charge is -2.26. The smallest absolute Gasteiger partial charge is 0.284 e. The van der Waals surface area contributed by atoms with Gasteiger partial charge in [-0.2, -0.15) is 0 Å². The van der Waals surface area contributed by atoms with E-state index in [9.17, 15) is 18.5 Å². The Labute approximate surface area is 163 Å². The zero-order chi connectivity index (χ0) is 19.5. The maximum absolute atomic E-state index is 12.6. The van der Waals surface area contributed by atoms with Crippen LogP contribution in [0.15, 0.2) is 28.0 Å². The van der Waals surface area contributed by atoms with Crippen molar-refractivity contribution in [3.05, 3.63) is 28.3 Å². The van der Waals surface area contributed by atoms with E-state index in [1.54, 1.807) is 19.0 Å². The highest BCUT2D eigenvalue weighted by Gasteiger charge is 2.27. The molecule has 0 unspecified atom stereocenters. The summed E-state index contributed by atoms with van der Waals surface area (Å²) in [6, 6.07) is 3.82. The molecule has 1 fully saturated rings. The molecule has 1 N–H and O–H groups in total. The molecule has 0 aliphatic heterocycles. The van der Waals surface area contributed by atoms with Gasteiger partial charge in [0, 0.05) is 26.2 Å². The van der Waals surface area contributed by atoms with Gasteiger partial charge in [-0.25, -0.2) is 13.1 Å². The van der Waals surface area contributed by atoms with Crippen LogP contribution in [0.1, 0.15) is 32.6 Å². The van der Waals surface area contributed by atoms with Gasteiger partial charge in [0.2, 0.25) is 10.0 Å². The van der Waals surface area contributed by atoms with Crippen molar-refractivity contribution in [2.75, 3.05) is 14.1 Å². The number of hydrogen-bond donors (Lipinski definition) is 1. The van der Waals surface area contributed by atoms with Gasteiger partial charge < -0.3 is 4.90 Å². The third-order valence-electron chi connectivity index (χ3n) is 4.34. The summed E-state index contributed by atoms with van der Waals surface area (Å²) in [5, 5.41) is 11.4. The number of rotatable bonds is 5. The van der Waals surface area contributed by atoms with Gasteiger partial charge in [-0.1, -0.05) is 30.9 Å². The van der Waals surface area contributed by atoms with Crippen LogP contribution < -0.4 is 4.72 Å². The largest absolute Gasteiger partial charge is 0.363 e. The van der Waals surface area contributed by atoms with Crippen molar-refractivity contribution in [1.29, 1.82) is 0 Å². The molecule has 0 heterocycles. The maximum Gasteiger partial charge on any atom is 0.284 e. The van der Waals surface area contributed by atoms with Crippen molar-refractivity contribution in [2.45, 2.75) is 48.4 Å². The first-order valence-electron chi connectivity index (χ1n) is 8.30. The minimum Gasteiger partial charge on any atom is -0.363 e. The second-order valence-corrected chi connectivity index (χ2v) is 10.1. The number of nitrogens with one attached hydrogen (secondary N) is 1. The van der Waals surface area contributed by atoms with Gasteiger partial charge in [-0.15, -0.1) is 0 Å². The SMILES string of the molecule is CC1CCC(NS(=O)(=O)c2ccc(SC(=S)N(C)C)c([N+](=O)[O-])c2)CC1. The van der Waals surface area contributed by atoms with Crippen LogP contribution in [0.3, 0.4) is 0 Å². The second kappa shape index (κ2) is 8.64. The summed E-state index contributed by atoms with van der Waals surface area (Å²) in [6.45, 7) is 2.16. The Bertz CT molecular complexity index is 788. The molecule has 2 rings (SSSR count). The monoisotopic (exact) mass is 417 g/mol. The average molecular weight is 418 g/mol. The molecule has 1 aliphatic carbocycles. The number of hydrogen-bond acceptors (Lipinski definition) is 6. The van der Waals surface area contributed by atoms with Crippen LogP contribution in [-0.4, -0.2) is 42.7 Å².